The number of aromatic nitrogens is 3. The molecule has 4 heteroatoms. The van der Waals surface area contributed by atoms with E-state index in [1.165, 1.54) is 5.70 Å². The second-order valence-corrected chi connectivity index (χ2v) is 6.23. The highest BCUT2D eigenvalue weighted by atomic mass is 35.5. The van der Waals surface area contributed by atoms with E-state index in [0.29, 0.717) is 0 Å². The van der Waals surface area contributed by atoms with E-state index in [2.05, 4.69) is 37.0 Å². The Morgan fingerprint density at radius 3 is 2.26 bits per heavy atom. The van der Waals surface area contributed by atoms with Crippen molar-refractivity contribution in [1.82, 2.24) is 14.8 Å². The first kappa shape index (κ1) is 13.8. The highest BCUT2D eigenvalue weighted by Gasteiger charge is 2.14. The second kappa shape index (κ2) is 5.57. The molecule has 19 heavy (non-hydrogen) atoms. The van der Waals surface area contributed by atoms with Gasteiger partial charge < -0.3 is 0 Å². The zero-order valence-corrected chi connectivity index (χ0v) is 12.2. The lowest BCUT2D eigenvalue weighted by Crippen LogP contribution is -2.08. The van der Waals surface area contributed by atoms with Gasteiger partial charge in [0.25, 0.3) is 0 Å². The Kier molecular flexibility index (Phi) is 4.05. The van der Waals surface area contributed by atoms with E-state index < -0.39 is 0 Å². The zero-order chi connectivity index (χ0) is 13.9. The van der Waals surface area contributed by atoms with Crippen LogP contribution in [0.5, 0.6) is 0 Å². The van der Waals surface area contributed by atoms with Crippen molar-refractivity contribution >= 4 is 23.4 Å². The number of rotatable bonds is 3. The summed E-state index contributed by atoms with van der Waals surface area (Å²) in [7, 11) is 0. The number of hydrogen-bond donors (Lipinski definition) is 0. The summed E-state index contributed by atoms with van der Waals surface area (Å²) >= 11 is 5.91. The lowest BCUT2D eigenvalue weighted by atomic mass is 9.90. The Morgan fingerprint density at radius 1 is 1.16 bits per heavy atom. The van der Waals surface area contributed by atoms with Gasteiger partial charge in [-0.1, -0.05) is 44.5 Å². The van der Waals surface area contributed by atoms with Crippen LogP contribution in [-0.4, -0.2) is 14.8 Å². The van der Waals surface area contributed by atoms with Crippen LogP contribution in [0.2, 0.25) is 5.02 Å². The average Bonchev–Trinajstić information content (AvgIpc) is 2.83. The third-order valence-electron chi connectivity index (χ3n) is 2.67. The van der Waals surface area contributed by atoms with E-state index in [9.17, 15) is 0 Å². The topological polar surface area (TPSA) is 30.7 Å². The Morgan fingerprint density at radius 2 is 1.74 bits per heavy atom. The Hall–Kier alpha value is -1.61. The van der Waals surface area contributed by atoms with Crippen LogP contribution in [0.3, 0.4) is 0 Å². The quantitative estimate of drug-likeness (QED) is 0.833. The number of halogens is 1. The van der Waals surface area contributed by atoms with E-state index >= 15 is 0 Å². The van der Waals surface area contributed by atoms with Gasteiger partial charge in [0.1, 0.15) is 12.7 Å². The smallest absolute Gasteiger partial charge is 0.123 e. The summed E-state index contributed by atoms with van der Waals surface area (Å²) in [6, 6.07) is 7.81. The van der Waals surface area contributed by atoms with Gasteiger partial charge in [0, 0.05) is 10.7 Å². The molecule has 0 amide bonds. The SMILES string of the molecule is CC(C)(C)CC(=Cc1ccc(Cl)cc1)n1cnnc1. The summed E-state index contributed by atoms with van der Waals surface area (Å²) < 4.78 is 1.96. The predicted molar refractivity (Wildman–Crippen MR) is 79.7 cm³/mol. The lowest BCUT2D eigenvalue weighted by molar-refractivity contribution is 0.421. The fraction of sp³-hybridized carbons (Fsp3) is 0.333. The summed E-state index contributed by atoms with van der Waals surface area (Å²) in [6.07, 6.45) is 6.54. The van der Waals surface area contributed by atoms with Crippen LogP contribution < -0.4 is 0 Å². The van der Waals surface area contributed by atoms with Crippen LogP contribution >= 0.6 is 11.6 Å². The molecule has 0 spiro atoms. The Labute approximate surface area is 118 Å². The highest BCUT2D eigenvalue weighted by Crippen LogP contribution is 2.28. The lowest BCUT2D eigenvalue weighted by Gasteiger charge is -2.20. The summed E-state index contributed by atoms with van der Waals surface area (Å²) in [4.78, 5) is 0. The first-order valence-electron chi connectivity index (χ1n) is 6.25. The zero-order valence-electron chi connectivity index (χ0n) is 11.5. The Balaban J connectivity index is 2.34. The van der Waals surface area contributed by atoms with E-state index in [0.717, 1.165) is 17.0 Å². The normalized spacial score (nSPS) is 12.7. The molecule has 0 N–H and O–H groups in total. The summed E-state index contributed by atoms with van der Waals surface area (Å²) in [6.45, 7) is 6.65. The molecule has 0 atom stereocenters. The minimum atomic E-state index is 0.197. The van der Waals surface area contributed by atoms with Gasteiger partial charge in [-0.05, 0) is 35.6 Å². The van der Waals surface area contributed by atoms with Gasteiger partial charge in [-0.15, -0.1) is 10.2 Å². The molecule has 2 rings (SSSR count). The molecular weight excluding hydrogens is 258 g/mol. The largest absolute Gasteiger partial charge is 0.292 e. The fourth-order valence-corrected chi connectivity index (χ4v) is 1.99. The monoisotopic (exact) mass is 275 g/mol. The van der Waals surface area contributed by atoms with Gasteiger partial charge in [-0.25, -0.2) is 0 Å². The molecule has 0 bridgehead atoms. The molecule has 0 fully saturated rings. The van der Waals surface area contributed by atoms with Gasteiger partial charge in [0.2, 0.25) is 0 Å². The maximum absolute atomic E-state index is 5.91. The molecule has 1 aromatic heterocycles. The molecular formula is C15H18ClN3. The molecule has 100 valence electrons. The number of allylic oxidation sites excluding steroid dienone is 1. The van der Waals surface area contributed by atoms with Gasteiger partial charge in [-0.2, -0.15) is 0 Å². The number of nitrogens with zero attached hydrogens (tertiary/aromatic N) is 3. The van der Waals surface area contributed by atoms with Crippen LogP contribution in [0.25, 0.3) is 11.8 Å². The Bertz CT molecular complexity index is 548. The van der Waals surface area contributed by atoms with Crippen LogP contribution in [-0.2, 0) is 0 Å². The molecule has 0 radical (unpaired) electrons. The number of hydrogen-bond acceptors (Lipinski definition) is 2. The molecule has 1 aromatic carbocycles. The molecule has 0 unspecified atom stereocenters. The van der Waals surface area contributed by atoms with E-state index in [1.807, 2.05) is 28.8 Å². The molecule has 0 saturated carbocycles. The third kappa shape index (κ3) is 4.21. The molecule has 1 heterocycles. The van der Waals surface area contributed by atoms with Crippen molar-refractivity contribution in [2.75, 3.05) is 0 Å². The molecule has 0 saturated heterocycles. The number of benzene rings is 1. The molecule has 0 aliphatic rings. The van der Waals surface area contributed by atoms with Crippen molar-refractivity contribution in [2.45, 2.75) is 27.2 Å². The first-order valence-corrected chi connectivity index (χ1v) is 6.63. The van der Waals surface area contributed by atoms with Crippen molar-refractivity contribution in [1.29, 1.82) is 0 Å². The second-order valence-electron chi connectivity index (χ2n) is 5.79. The van der Waals surface area contributed by atoms with Gasteiger partial charge in [0.05, 0.1) is 0 Å². The first-order chi connectivity index (χ1) is 8.94. The van der Waals surface area contributed by atoms with Crippen LogP contribution in [0.4, 0.5) is 0 Å². The summed E-state index contributed by atoms with van der Waals surface area (Å²) in [5.41, 5.74) is 2.49. The van der Waals surface area contributed by atoms with Gasteiger partial charge >= 0.3 is 0 Å². The maximum atomic E-state index is 5.91. The van der Waals surface area contributed by atoms with Crippen LogP contribution in [0.15, 0.2) is 36.9 Å². The van der Waals surface area contributed by atoms with E-state index in [4.69, 9.17) is 11.6 Å². The van der Waals surface area contributed by atoms with Gasteiger partial charge in [-0.3, -0.25) is 4.57 Å². The fourth-order valence-electron chi connectivity index (χ4n) is 1.86. The molecule has 0 aliphatic heterocycles. The van der Waals surface area contributed by atoms with Gasteiger partial charge in [0.15, 0.2) is 0 Å². The molecule has 2 aromatic rings. The minimum Gasteiger partial charge on any atom is -0.292 e. The third-order valence-corrected chi connectivity index (χ3v) is 2.92. The predicted octanol–water partition coefficient (Wildman–Crippen LogP) is 4.37. The van der Waals surface area contributed by atoms with Crippen molar-refractivity contribution in [3.63, 3.8) is 0 Å². The summed E-state index contributed by atoms with van der Waals surface area (Å²) in [5.74, 6) is 0. The van der Waals surface area contributed by atoms with Crippen molar-refractivity contribution in [2.24, 2.45) is 5.41 Å². The molecule has 0 aliphatic carbocycles. The van der Waals surface area contributed by atoms with Crippen molar-refractivity contribution in [3.8, 4) is 0 Å². The standard InChI is InChI=1S/C15H18ClN3/c1-15(2,3)9-14(19-10-17-18-11-19)8-12-4-6-13(16)7-5-12/h4-8,10-11H,9H2,1-3H3. The van der Waals surface area contributed by atoms with Crippen LogP contribution in [0, 0.1) is 5.41 Å². The van der Waals surface area contributed by atoms with E-state index in [-0.39, 0.29) is 5.41 Å². The maximum Gasteiger partial charge on any atom is 0.123 e. The highest BCUT2D eigenvalue weighted by molar-refractivity contribution is 6.30. The molecule has 3 nitrogen and oxygen atoms in total. The minimum absolute atomic E-state index is 0.197. The average molecular weight is 276 g/mol. The van der Waals surface area contributed by atoms with Crippen LogP contribution in [0.1, 0.15) is 32.8 Å². The van der Waals surface area contributed by atoms with E-state index in [1.54, 1.807) is 12.7 Å². The van der Waals surface area contributed by atoms with Crippen molar-refractivity contribution < 1.29 is 0 Å². The van der Waals surface area contributed by atoms with Crippen molar-refractivity contribution in [3.05, 3.63) is 47.5 Å². The summed E-state index contributed by atoms with van der Waals surface area (Å²) in [5, 5.41) is 8.51.